The first-order valence-electron chi connectivity index (χ1n) is 10.3. The molecule has 1 saturated heterocycles. The summed E-state index contributed by atoms with van der Waals surface area (Å²) in [5, 5.41) is 11.2. The van der Waals surface area contributed by atoms with Gasteiger partial charge in [0, 0.05) is 31.7 Å². The normalized spacial score (nSPS) is 14.3. The molecular weight excluding hydrogens is 455 g/mol. The minimum Gasteiger partial charge on any atom is -0.352 e. The van der Waals surface area contributed by atoms with Crippen molar-refractivity contribution in [1.29, 1.82) is 0 Å². The Morgan fingerprint density at radius 1 is 0.970 bits per heavy atom. The number of piperazine rings is 1. The minimum atomic E-state index is -4.52. The van der Waals surface area contributed by atoms with Crippen LogP contribution in [-0.4, -0.2) is 47.3 Å². The quantitative estimate of drug-likeness (QED) is 0.545. The van der Waals surface area contributed by atoms with Crippen molar-refractivity contribution >= 4 is 29.1 Å². The van der Waals surface area contributed by atoms with E-state index in [1.807, 2.05) is 48.2 Å². The van der Waals surface area contributed by atoms with Gasteiger partial charge < -0.3 is 15.1 Å². The number of aromatic nitrogens is 2. The molecule has 0 bridgehead atoms. The fourth-order valence-corrected chi connectivity index (χ4v) is 3.67. The number of alkyl halides is 3. The first kappa shape index (κ1) is 22.8. The van der Waals surface area contributed by atoms with Crippen molar-refractivity contribution in [3.63, 3.8) is 0 Å². The fourth-order valence-electron chi connectivity index (χ4n) is 3.50. The highest BCUT2D eigenvalue weighted by Gasteiger charge is 2.31. The van der Waals surface area contributed by atoms with E-state index in [1.165, 1.54) is 10.5 Å². The molecule has 0 atom stereocenters. The largest absolute Gasteiger partial charge is 0.416 e. The highest BCUT2D eigenvalue weighted by atomic mass is 35.5. The number of aryl methyl sites for hydroxylation is 1. The molecule has 0 aliphatic carbocycles. The van der Waals surface area contributed by atoms with Crippen molar-refractivity contribution in [2.24, 2.45) is 0 Å². The first-order valence-corrected chi connectivity index (χ1v) is 10.7. The van der Waals surface area contributed by atoms with Crippen molar-refractivity contribution in [2.45, 2.75) is 13.1 Å². The highest BCUT2D eigenvalue weighted by Crippen LogP contribution is 2.34. The Hall–Kier alpha value is -3.33. The maximum absolute atomic E-state index is 13.0. The number of benzene rings is 2. The van der Waals surface area contributed by atoms with Crippen LogP contribution in [0.25, 0.3) is 11.3 Å². The molecule has 33 heavy (non-hydrogen) atoms. The Morgan fingerprint density at radius 3 is 2.27 bits per heavy atom. The number of urea groups is 1. The summed E-state index contributed by atoms with van der Waals surface area (Å²) < 4.78 is 38.9. The molecule has 1 aromatic heterocycles. The number of halogens is 4. The van der Waals surface area contributed by atoms with Gasteiger partial charge in [-0.2, -0.15) is 13.2 Å². The summed E-state index contributed by atoms with van der Waals surface area (Å²) >= 11 is 5.97. The van der Waals surface area contributed by atoms with Gasteiger partial charge in [0.15, 0.2) is 5.82 Å². The molecule has 4 rings (SSSR count). The summed E-state index contributed by atoms with van der Waals surface area (Å²) in [6, 6.07) is 14.1. The van der Waals surface area contributed by atoms with E-state index in [0.29, 0.717) is 32.0 Å². The molecule has 10 heteroatoms. The molecule has 1 fully saturated rings. The number of hydrogen-bond acceptors (Lipinski definition) is 4. The average Bonchev–Trinajstić information content (AvgIpc) is 2.80. The van der Waals surface area contributed by atoms with Gasteiger partial charge in [0.05, 0.1) is 22.0 Å². The molecule has 6 nitrogen and oxygen atoms in total. The van der Waals surface area contributed by atoms with E-state index in [-0.39, 0.29) is 10.7 Å². The van der Waals surface area contributed by atoms with Crippen LogP contribution in [0.15, 0.2) is 54.6 Å². The number of carbonyl (C=O) groups excluding carboxylic acids is 1. The smallest absolute Gasteiger partial charge is 0.352 e. The Bertz CT molecular complexity index is 1130. The van der Waals surface area contributed by atoms with Crippen LogP contribution < -0.4 is 10.2 Å². The van der Waals surface area contributed by atoms with Crippen LogP contribution in [0.2, 0.25) is 5.02 Å². The molecule has 0 saturated carbocycles. The van der Waals surface area contributed by atoms with Crippen LogP contribution in [0.1, 0.15) is 11.1 Å². The second-order valence-electron chi connectivity index (χ2n) is 7.74. The maximum Gasteiger partial charge on any atom is 0.416 e. The van der Waals surface area contributed by atoms with Gasteiger partial charge in [-0.3, -0.25) is 0 Å². The van der Waals surface area contributed by atoms with Crippen molar-refractivity contribution in [3.8, 4) is 11.3 Å². The van der Waals surface area contributed by atoms with E-state index in [1.54, 1.807) is 0 Å². The van der Waals surface area contributed by atoms with Gasteiger partial charge in [-0.15, -0.1) is 10.2 Å². The molecule has 1 aliphatic heterocycles. The van der Waals surface area contributed by atoms with Gasteiger partial charge in [-0.25, -0.2) is 4.79 Å². The molecule has 0 spiro atoms. The van der Waals surface area contributed by atoms with Gasteiger partial charge in [0.2, 0.25) is 0 Å². The van der Waals surface area contributed by atoms with Crippen molar-refractivity contribution < 1.29 is 18.0 Å². The number of hydrogen-bond donors (Lipinski definition) is 1. The number of anilines is 2. The highest BCUT2D eigenvalue weighted by molar-refractivity contribution is 6.33. The van der Waals surface area contributed by atoms with E-state index in [2.05, 4.69) is 15.5 Å². The van der Waals surface area contributed by atoms with Gasteiger partial charge in [-0.05, 0) is 37.3 Å². The van der Waals surface area contributed by atoms with Gasteiger partial charge in [0.1, 0.15) is 0 Å². The topological polar surface area (TPSA) is 61.4 Å². The van der Waals surface area contributed by atoms with E-state index in [0.717, 1.165) is 29.5 Å². The third-order valence-corrected chi connectivity index (χ3v) is 5.75. The van der Waals surface area contributed by atoms with Crippen molar-refractivity contribution in [2.75, 3.05) is 36.4 Å². The third-order valence-electron chi connectivity index (χ3n) is 5.42. The number of amides is 2. The number of carbonyl (C=O) groups is 1. The number of rotatable bonds is 3. The molecule has 172 valence electrons. The molecule has 1 N–H and O–H groups in total. The van der Waals surface area contributed by atoms with Crippen LogP contribution in [-0.2, 0) is 6.18 Å². The molecule has 2 amide bonds. The van der Waals surface area contributed by atoms with E-state index >= 15 is 0 Å². The van der Waals surface area contributed by atoms with Crippen LogP contribution >= 0.6 is 11.6 Å². The standard InChI is InChI=1S/C23H21ClF3N5O/c1-15-2-4-16(5-3-15)19-8-9-21(30-29-19)31-10-12-32(13-11-31)22(33)28-20-14-17(23(25,26)27)6-7-18(20)24/h2-9,14H,10-13H2,1H3,(H,28,33). The maximum atomic E-state index is 13.0. The van der Waals surface area contributed by atoms with Crippen LogP contribution in [0, 0.1) is 6.92 Å². The summed E-state index contributed by atoms with van der Waals surface area (Å²) in [6.07, 6.45) is -4.52. The predicted octanol–water partition coefficient (Wildman–Crippen LogP) is 5.48. The van der Waals surface area contributed by atoms with Gasteiger partial charge >= 0.3 is 12.2 Å². The summed E-state index contributed by atoms with van der Waals surface area (Å²) in [7, 11) is 0. The molecule has 0 radical (unpaired) electrons. The number of nitrogens with zero attached hydrogens (tertiary/aromatic N) is 4. The molecule has 2 aromatic carbocycles. The second kappa shape index (κ2) is 9.27. The lowest BCUT2D eigenvalue weighted by Crippen LogP contribution is -2.50. The summed E-state index contributed by atoms with van der Waals surface area (Å²) in [5.74, 6) is 0.701. The first-order chi connectivity index (χ1) is 15.7. The zero-order valence-corrected chi connectivity index (χ0v) is 18.5. The lowest BCUT2D eigenvalue weighted by molar-refractivity contribution is -0.137. The summed E-state index contributed by atoms with van der Waals surface area (Å²) in [6.45, 7) is 3.81. The Morgan fingerprint density at radius 2 is 1.67 bits per heavy atom. The second-order valence-corrected chi connectivity index (χ2v) is 8.15. The molecule has 0 unspecified atom stereocenters. The summed E-state index contributed by atoms with van der Waals surface area (Å²) in [5.41, 5.74) is 1.97. The van der Waals surface area contributed by atoms with Crippen LogP contribution in [0.3, 0.4) is 0 Å². The Kier molecular flexibility index (Phi) is 6.42. The average molecular weight is 476 g/mol. The fraction of sp³-hybridized carbons (Fsp3) is 0.261. The molecular formula is C23H21ClF3N5O. The van der Waals surface area contributed by atoms with Gasteiger partial charge in [0.25, 0.3) is 0 Å². The molecule has 1 aliphatic rings. The van der Waals surface area contributed by atoms with E-state index in [4.69, 9.17) is 11.6 Å². The predicted molar refractivity (Wildman–Crippen MR) is 121 cm³/mol. The molecule has 3 aromatic rings. The Labute approximate surface area is 194 Å². The third kappa shape index (κ3) is 5.36. The minimum absolute atomic E-state index is 0.0407. The van der Waals surface area contributed by atoms with Gasteiger partial charge in [-0.1, -0.05) is 41.4 Å². The van der Waals surface area contributed by atoms with E-state index < -0.39 is 17.8 Å². The lowest BCUT2D eigenvalue weighted by atomic mass is 10.1. The Balaban J connectivity index is 1.36. The van der Waals surface area contributed by atoms with Crippen LogP contribution in [0.5, 0.6) is 0 Å². The zero-order chi connectivity index (χ0) is 23.6. The van der Waals surface area contributed by atoms with Crippen molar-refractivity contribution in [3.05, 3.63) is 70.7 Å². The number of nitrogens with one attached hydrogen (secondary N) is 1. The monoisotopic (exact) mass is 475 g/mol. The van der Waals surface area contributed by atoms with Crippen LogP contribution in [0.4, 0.5) is 29.5 Å². The molecule has 2 heterocycles. The SMILES string of the molecule is Cc1ccc(-c2ccc(N3CCN(C(=O)Nc4cc(C(F)(F)F)ccc4Cl)CC3)nn2)cc1. The van der Waals surface area contributed by atoms with E-state index in [9.17, 15) is 18.0 Å². The lowest BCUT2D eigenvalue weighted by Gasteiger charge is -2.35. The van der Waals surface area contributed by atoms with Crippen molar-refractivity contribution in [1.82, 2.24) is 15.1 Å². The summed E-state index contributed by atoms with van der Waals surface area (Å²) in [4.78, 5) is 16.1. The zero-order valence-electron chi connectivity index (χ0n) is 17.7.